The molecule has 1 saturated heterocycles. The molecule has 2 amide bonds. The molecule has 0 aromatic carbocycles. The molecule has 2 fully saturated rings. The van der Waals surface area contributed by atoms with Gasteiger partial charge in [-0.1, -0.05) is 20.3 Å². The molecule has 1 heterocycles. The quantitative estimate of drug-likeness (QED) is 0.768. The number of hydrogen-bond acceptors (Lipinski definition) is 1. The summed E-state index contributed by atoms with van der Waals surface area (Å²) in [6, 6.07) is 0.634. The summed E-state index contributed by atoms with van der Waals surface area (Å²) in [5.41, 5.74) is 0.466. The van der Waals surface area contributed by atoms with Crippen LogP contribution in [0, 0.1) is 5.41 Å². The molecule has 0 aromatic rings. The summed E-state index contributed by atoms with van der Waals surface area (Å²) in [5.74, 6) is 0. The number of urea groups is 1. The van der Waals surface area contributed by atoms with Crippen molar-refractivity contribution < 1.29 is 4.79 Å². The molecule has 0 atom stereocenters. The molecule has 1 aliphatic carbocycles. The van der Waals surface area contributed by atoms with Crippen LogP contribution in [0.3, 0.4) is 0 Å². The number of carbonyl (C=O) groups is 1. The number of nitrogens with one attached hydrogen (secondary N) is 1. The van der Waals surface area contributed by atoms with Crippen molar-refractivity contribution in [2.75, 3.05) is 13.1 Å². The van der Waals surface area contributed by atoms with Crippen molar-refractivity contribution in [3.63, 3.8) is 0 Å². The Morgan fingerprint density at radius 2 is 2.00 bits per heavy atom. The monoisotopic (exact) mass is 224 g/mol. The van der Waals surface area contributed by atoms with E-state index in [4.69, 9.17) is 0 Å². The summed E-state index contributed by atoms with van der Waals surface area (Å²) in [6.45, 7) is 6.46. The first-order chi connectivity index (χ1) is 7.63. The van der Waals surface area contributed by atoms with Gasteiger partial charge in [0.15, 0.2) is 0 Å². The number of piperidine rings is 1. The third kappa shape index (κ3) is 2.50. The normalized spacial score (nSPS) is 25.0. The van der Waals surface area contributed by atoms with Gasteiger partial charge in [-0.25, -0.2) is 4.79 Å². The average molecular weight is 224 g/mol. The van der Waals surface area contributed by atoms with E-state index in [-0.39, 0.29) is 6.03 Å². The lowest BCUT2D eigenvalue weighted by molar-refractivity contribution is 0.121. The maximum atomic E-state index is 11.9. The third-order valence-corrected chi connectivity index (χ3v) is 4.54. The summed E-state index contributed by atoms with van der Waals surface area (Å²) >= 11 is 0. The van der Waals surface area contributed by atoms with Gasteiger partial charge in [0.25, 0.3) is 0 Å². The Labute approximate surface area is 98.6 Å². The van der Waals surface area contributed by atoms with Gasteiger partial charge in [-0.3, -0.25) is 0 Å². The fourth-order valence-electron chi connectivity index (χ4n) is 2.42. The van der Waals surface area contributed by atoms with Crippen LogP contribution in [0.25, 0.3) is 0 Å². The molecule has 1 N–H and O–H groups in total. The molecule has 1 aliphatic heterocycles. The fraction of sp³-hybridized carbons (Fsp3) is 0.923. The molecular formula is C13H24N2O. The van der Waals surface area contributed by atoms with Crippen LogP contribution in [-0.4, -0.2) is 30.1 Å². The van der Waals surface area contributed by atoms with Gasteiger partial charge in [-0.05, 0) is 37.5 Å². The standard InChI is InChI=1S/C13H24N2O/c1-3-13(2)7-9-15(10-8-13)12(16)14-11-5-4-6-11/h11H,3-10H2,1-2H3,(H,14,16). The molecule has 0 unspecified atom stereocenters. The maximum absolute atomic E-state index is 11.9. The fourth-order valence-corrected chi connectivity index (χ4v) is 2.42. The van der Waals surface area contributed by atoms with Gasteiger partial charge in [0, 0.05) is 19.1 Å². The lowest BCUT2D eigenvalue weighted by atomic mass is 9.78. The first kappa shape index (κ1) is 11.7. The molecule has 0 radical (unpaired) electrons. The maximum Gasteiger partial charge on any atom is 0.317 e. The van der Waals surface area contributed by atoms with Crippen molar-refractivity contribution in [3.8, 4) is 0 Å². The number of hydrogen-bond donors (Lipinski definition) is 1. The number of carbonyl (C=O) groups excluding carboxylic acids is 1. The zero-order chi connectivity index (χ0) is 11.6. The summed E-state index contributed by atoms with van der Waals surface area (Å²) in [4.78, 5) is 13.9. The number of likely N-dealkylation sites (tertiary alicyclic amines) is 1. The number of nitrogens with zero attached hydrogens (tertiary/aromatic N) is 1. The summed E-state index contributed by atoms with van der Waals surface area (Å²) in [7, 11) is 0. The molecule has 3 nitrogen and oxygen atoms in total. The minimum atomic E-state index is 0.169. The van der Waals surface area contributed by atoms with E-state index < -0.39 is 0 Å². The second kappa shape index (κ2) is 4.64. The van der Waals surface area contributed by atoms with E-state index in [0.29, 0.717) is 11.5 Å². The van der Waals surface area contributed by atoms with Crippen molar-refractivity contribution in [3.05, 3.63) is 0 Å². The van der Waals surface area contributed by atoms with Crippen LogP contribution in [0.5, 0.6) is 0 Å². The Bertz CT molecular complexity index is 253. The largest absolute Gasteiger partial charge is 0.335 e. The van der Waals surface area contributed by atoms with E-state index >= 15 is 0 Å². The number of rotatable bonds is 2. The molecule has 0 spiro atoms. The highest BCUT2D eigenvalue weighted by Gasteiger charge is 2.31. The summed E-state index contributed by atoms with van der Waals surface area (Å²) in [5, 5.41) is 3.12. The van der Waals surface area contributed by atoms with Crippen LogP contribution in [0.2, 0.25) is 0 Å². The van der Waals surface area contributed by atoms with E-state index in [9.17, 15) is 4.79 Å². The second-order valence-electron chi connectivity index (χ2n) is 5.73. The zero-order valence-corrected chi connectivity index (χ0v) is 10.6. The average Bonchev–Trinajstić information content (AvgIpc) is 2.24. The van der Waals surface area contributed by atoms with Gasteiger partial charge < -0.3 is 10.2 Å². The minimum Gasteiger partial charge on any atom is -0.335 e. The van der Waals surface area contributed by atoms with Crippen molar-refractivity contribution >= 4 is 6.03 Å². The van der Waals surface area contributed by atoms with Gasteiger partial charge in [-0.2, -0.15) is 0 Å². The predicted octanol–water partition coefficient (Wildman–Crippen LogP) is 2.76. The van der Waals surface area contributed by atoms with Crippen molar-refractivity contribution in [1.82, 2.24) is 10.2 Å². The Hall–Kier alpha value is -0.730. The van der Waals surface area contributed by atoms with Crippen LogP contribution >= 0.6 is 0 Å². The van der Waals surface area contributed by atoms with Crippen LogP contribution < -0.4 is 5.32 Å². The first-order valence-corrected chi connectivity index (χ1v) is 6.68. The molecule has 1 saturated carbocycles. The Balaban J connectivity index is 1.77. The van der Waals surface area contributed by atoms with Gasteiger partial charge >= 0.3 is 6.03 Å². The van der Waals surface area contributed by atoms with E-state index in [0.717, 1.165) is 25.9 Å². The first-order valence-electron chi connectivity index (χ1n) is 6.68. The van der Waals surface area contributed by atoms with E-state index in [1.807, 2.05) is 4.90 Å². The lowest BCUT2D eigenvalue weighted by Gasteiger charge is -2.40. The van der Waals surface area contributed by atoms with Crippen molar-refractivity contribution in [1.29, 1.82) is 0 Å². The molecule has 16 heavy (non-hydrogen) atoms. The van der Waals surface area contributed by atoms with Gasteiger partial charge in [0.2, 0.25) is 0 Å². The van der Waals surface area contributed by atoms with Crippen LogP contribution in [0.15, 0.2) is 0 Å². The Kier molecular flexibility index (Phi) is 3.41. The zero-order valence-electron chi connectivity index (χ0n) is 10.6. The summed E-state index contributed by atoms with van der Waals surface area (Å²) in [6.07, 6.45) is 7.16. The molecule has 2 rings (SSSR count). The highest BCUT2D eigenvalue weighted by atomic mass is 16.2. The predicted molar refractivity (Wildman–Crippen MR) is 65.4 cm³/mol. The lowest BCUT2D eigenvalue weighted by Crippen LogP contribution is -2.50. The highest BCUT2D eigenvalue weighted by Crippen LogP contribution is 2.33. The van der Waals surface area contributed by atoms with E-state index in [2.05, 4.69) is 19.2 Å². The molecule has 3 heteroatoms. The molecule has 0 aromatic heterocycles. The summed E-state index contributed by atoms with van der Waals surface area (Å²) < 4.78 is 0. The highest BCUT2D eigenvalue weighted by molar-refractivity contribution is 5.74. The third-order valence-electron chi connectivity index (χ3n) is 4.54. The van der Waals surface area contributed by atoms with Gasteiger partial charge in [-0.15, -0.1) is 0 Å². The van der Waals surface area contributed by atoms with Gasteiger partial charge in [0.05, 0.1) is 0 Å². The van der Waals surface area contributed by atoms with E-state index in [1.54, 1.807) is 0 Å². The molecule has 0 bridgehead atoms. The van der Waals surface area contributed by atoms with Crippen LogP contribution in [0.4, 0.5) is 4.79 Å². The van der Waals surface area contributed by atoms with Crippen LogP contribution in [-0.2, 0) is 0 Å². The second-order valence-corrected chi connectivity index (χ2v) is 5.73. The SMILES string of the molecule is CCC1(C)CCN(C(=O)NC2CCC2)CC1. The molecule has 2 aliphatic rings. The van der Waals surface area contributed by atoms with Crippen molar-refractivity contribution in [2.24, 2.45) is 5.41 Å². The van der Waals surface area contributed by atoms with E-state index in [1.165, 1.54) is 25.7 Å². The van der Waals surface area contributed by atoms with Crippen molar-refractivity contribution in [2.45, 2.75) is 58.4 Å². The molecular weight excluding hydrogens is 200 g/mol. The number of amides is 2. The van der Waals surface area contributed by atoms with Gasteiger partial charge in [0.1, 0.15) is 0 Å². The minimum absolute atomic E-state index is 0.169. The molecule has 92 valence electrons. The van der Waals surface area contributed by atoms with Crippen LogP contribution in [0.1, 0.15) is 52.4 Å². The Morgan fingerprint density at radius 1 is 1.38 bits per heavy atom. The topological polar surface area (TPSA) is 32.3 Å². The Morgan fingerprint density at radius 3 is 2.44 bits per heavy atom. The smallest absolute Gasteiger partial charge is 0.317 e.